The molecule has 2 aromatic rings. The van der Waals surface area contributed by atoms with Crippen molar-refractivity contribution in [3.8, 4) is 0 Å². The Balaban J connectivity index is 1.90. The highest BCUT2D eigenvalue weighted by Crippen LogP contribution is 2.31. The first kappa shape index (κ1) is 21.1. The van der Waals surface area contributed by atoms with Gasteiger partial charge in [-0.15, -0.1) is 15.3 Å². The van der Waals surface area contributed by atoms with Gasteiger partial charge in [-0.05, 0) is 41.5 Å². The Morgan fingerprint density at radius 1 is 1.10 bits per heavy atom. The van der Waals surface area contributed by atoms with E-state index in [4.69, 9.17) is 4.74 Å². The van der Waals surface area contributed by atoms with Gasteiger partial charge in [0.15, 0.2) is 11.5 Å². The second-order valence-corrected chi connectivity index (χ2v) is 8.30. The second-order valence-electron chi connectivity index (χ2n) is 8.30. The molecule has 1 fully saturated rings. The standard InChI is InChI=1S/C18H25F3N6O2/c1-10-9-25(7-8-26(10)16(28)29-17(4,5)6)14-12(3)11(2)13-22-23-15(18(19,20)21)27(13)24-14/h10H,7-9H2,1-6H3/t10-/m1/s1. The number of anilines is 1. The number of aryl methyl sites for hydroxylation is 1. The van der Waals surface area contributed by atoms with Gasteiger partial charge in [0.1, 0.15) is 5.60 Å². The third kappa shape index (κ3) is 4.08. The molecule has 0 spiro atoms. The summed E-state index contributed by atoms with van der Waals surface area (Å²) < 4.78 is 46.0. The Bertz CT molecular complexity index is 934. The molecule has 0 saturated carbocycles. The Hall–Kier alpha value is -2.59. The van der Waals surface area contributed by atoms with Crippen molar-refractivity contribution in [1.82, 2.24) is 24.7 Å². The van der Waals surface area contributed by atoms with Crippen LogP contribution in [-0.4, -0.2) is 62.1 Å². The number of hydrogen-bond acceptors (Lipinski definition) is 6. The zero-order valence-corrected chi connectivity index (χ0v) is 17.3. The minimum atomic E-state index is -4.66. The molecule has 0 unspecified atom stereocenters. The Kier molecular flexibility index (Phi) is 5.12. The van der Waals surface area contributed by atoms with Crippen LogP contribution < -0.4 is 4.90 Å². The van der Waals surface area contributed by atoms with E-state index < -0.39 is 23.7 Å². The van der Waals surface area contributed by atoms with Gasteiger partial charge in [-0.2, -0.15) is 17.7 Å². The minimum Gasteiger partial charge on any atom is -0.444 e. The van der Waals surface area contributed by atoms with Crippen molar-refractivity contribution in [2.24, 2.45) is 0 Å². The number of carbonyl (C=O) groups is 1. The van der Waals surface area contributed by atoms with Gasteiger partial charge in [0, 0.05) is 36.8 Å². The molecule has 0 N–H and O–H groups in total. The van der Waals surface area contributed by atoms with Gasteiger partial charge in [0.05, 0.1) is 0 Å². The van der Waals surface area contributed by atoms with E-state index in [1.54, 1.807) is 39.5 Å². The fraction of sp³-hybridized carbons (Fsp3) is 0.667. The molecule has 1 amide bonds. The van der Waals surface area contributed by atoms with Crippen LogP contribution in [0.4, 0.5) is 23.8 Å². The largest absolute Gasteiger partial charge is 0.453 e. The van der Waals surface area contributed by atoms with E-state index in [0.717, 1.165) is 10.1 Å². The van der Waals surface area contributed by atoms with E-state index in [2.05, 4.69) is 15.3 Å². The summed E-state index contributed by atoms with van der Waals surface area (Å²) in [4.78, 5) is 15.9. The van der Waals surface area contributed by atoms with E-state index in [1.165, 1.54) is 0 Å². The molecule has 0 aromatic carbocycles. The summed E-state index contributed by atoms with van der Waals surface area (Å²) in [6.45, 7) is 12.0. The molecule has 8 nitrogen and oxygen atoms in total. The van der Waals surface area contributed by atoms with Gasteiger partial charge >= 0.3 is 12.3 Å². The van der Waals surface area contributed by atoms with Gasteiger partial charge in [0.25, 0.3) is 5.82 Å². The molecular formula is C18H25F3N6O2. The molecule has 3 rings (SSSR count). The molecule has 160 valence electrons. The maximum absolute atomic E-state index is 13.3. The lowest BCUT2D eigenvalue weighted by atomic mass is 10.1. The molecule has 1 aliphatic rings. The zero-order chi connectivity index (χ0) is 21.7. The number of ether oxygens (including phenoxy) is 1. The summed E-state index contributed by atoms with van der Waals surface area (Å²) >= 11 is 0. The van der Waals surface area contributed by atoms with Crippen molar-refractivity contribution in [2.75, 3.05) is 24.5 Å². The minimum absolute atomic E-state index is 0.0824. The number of carbonyl (C=O) groups excluding carboxylic acids is 1. The molecule has 3 heterocycles. The molecule has 0 bridgehead atoms. The predicted molar refractivity (Wildman–Crippen MR) is 99.9 cm³/mol. The van der Waals surface area contributed by atoms with Crippen LogP contribution in [0.2, 0.25) is 0 Å². The molecule has 1 atom stereocenters. The number of alkyl halides is 3. The van der Waals surface area contributed by atoms with Crippen molar-refractivity contribution in [3.05, 3.63) is 17.0 Å². The Labute approximate surface area is 166 Å². The van der Waals surface area contributed by atoms with Crippen molar-refractivity contribution < 1.29 is 22.7 Å². The van der Waals surface area contributed by atoms with Gasteiger partial charge in [-0.1, -0.05) is 0 Å². The fourth-order valence-corrected chi connectivity index (χ4v) is 3.33. The summed E-state index contributed by atoms with van der Waals surface area (Å²) in [6.07, 6.45) is -5.06. The highest BCUT2D eigenvalue weighted by molar-refractivity contribution is 5.69. The number of nitrogens with zero attached hydrogens (tertiary/aromatic N) is 6. The first-order valence-electron chi connectivity index (χ1n) is 9.34. The van der Waals surface area contributed by atoms with E-state index in [0.29, 0.717) is 31.0 Å². The number of halogens is 3. The summed E-state index contributed by atoms with van der Waals surface area (Å²) in [5.74, 6) is -0.728. The number of fused-ring (bicyclic) bond motifs is 1. The average molecular weight is 414 g/mol. The lowest BCUT2D eigenvalue weighted by Gasteiger charge is -2.41. The van der Waals surface area contributed by atoms with Gasteiger partial charge in [-0.25, -0.2) is 4.79 Å². The zero-order valence-electron chi connectivity index (χ0n) is 17.3. The van der Waals surface area contributed by atoms with Crippen molar-refractivity contribution in [3.63, 3.8) is 0 Å². The number of amides is 1. The molecule has 1 aliphatic heterocycles. The van der Waals surface area contributed by atoms with Crippen molar-refractivity contribution in [1.29, 1.82) is 0 Å². The van der Waals surface area contributed by atoms with E-state index in [9.17, 15) is 18.0 Å². The Morgan fingerprint density at radius 2 is 1.76 bits per heavy atom. The van der Waals surface area contributed by atoms with Gasteiger partial charge in [-0.3, -0.25) is 0 Å². The molecule has 29 heavy (non-hydrogen) atoms. The SMILES string of the molecule is Cc1c(N2CCN(C(=O)OC(C)(C)C)[C@H](C)C2)nn2c(C(F)(F)F)nnc2c1C. The smallest absolute Gasteiger partial charge is 0.444 e. The Morgan fingerprint density at radius 3 is 2.31 bits per heavy atom. The van der Waals surface area contributed by atoms with E-state index in [-0.39, 0.29) is 11.7 Å². The molecular weight excluding hydrogens is 389 g/mol. The lowest BCUT2D eigenvalue weighted by Crippen LogP contribution is -2.55. The van der Waals surface area contributed by atoms with Crippen molar-refractivity contribution in [2.45, 2.75) is 59.4 Å². The number of aromatic nitrogens is 4. The second kappa shape index (κ2) is 7.03. The van der Waals surface area contributed by atoms with Gasteiger partial charge < -0.3 is 14.5 Å². The monoisotopic (exact) mass is 414 g/mol. The van der Waals surface area contributed by atoms with Crippen LogP contribution in [0.25, 0.3) is 5.65 Å². The predicted octanol–water partition coefficient (Wildman–Crippen LogP) is 3.21. The third-order valence-corrected chi connectivity index (χ3v) is 4.88. The van der Waals surface area contributed by atoms with Gasteiger partial charge in [0.2, 0.25) is 0 Å². The molecule has 2 aromatic heterocycles. The van der Waals surface area contributed by atoms with E-state index >= 15 is 0 Å². The lowest BCUT2D eigenvalue weighted by molar-refractivity contribution is -0.146. The first-order chi connectivity index (χ1) is 13.3. The summed E-state index contributed by atoms with van der Waals surface area (Å²) in [5.41, 5.74) is 0.798. The normalized spacial score (nSPS) is 18.4. The highest BCUT2D eigenvalue weighted by Gasteiger charge is 2.39. The quantitative estimate of drug-likeness (QED) is 0.713. The third-order valence-electron chi connectivity index (χ3n) is 4.88. The van der Waals surface area contributed by atoms with Crippen LogP contribution in [0.3, 0.4) is 0 Å². The molecule has 0 aliphatic carbocycles. The van der Waals surface area contributed by atoms with Crippen LogP contribution >= 0.6 is 0 Å². The summed E-state index contributed by atoms with van der Waals surface area (Å²) in [5, 5.41) is 11.1. The number of piperazine rings is 1. The first-order valence-corrected chi connectivity index (χ1v) is 9.34. The molecule has 11 heteroatoms. The fourth-order valence-electron chi connectivity index (χ4n) is 3.33. The van der Waals surface area contributed by atoms with Crippen molar-refractivity contribution >= 4 is 17.6 Å². The highest BCUT2D eigenvalue weighted by atomic mass is 19.4. The van der Waals surface area contributed by atoms with Crippen LogP contribution in [0.15, 0.2) is 0 Å². The van der Waals surface area contributed by atoms with Crippen LogP contribution in [0.5, 0.6) is 0 Å². The molecule has 0 radical (unpaired) electrons. The summed E-state index contributed by atoms with van der Waals surface area (Å²) in [6, 6.07) is -0.196. The molecule has 1 saturated heterocycles. The topological polar surface area (TPSA) is 75.9 Å². The van der Waals surface area contributed by atoms with E-state index in [1.807, 2.05) is 11.8 Å². The van der Waals surface area contributed by atoms with Crippen LogP contribution in [0, 0.1) is 13.8 Å². The summed E-state index contributed by atoms with van der Waals surface area (Å²) in [7, 11) is 0. The number of rotatable bonds is 1. The maximum Gasteiger partial charge on any atom is 0.453 e. The van der Waals surface area contributed by atoms with Crippen LogP contribution in [0.1, 0.15) is 44.6 Å². The average Bonchev–Trinajstić information content (AvgIpc) is 3.00. The van der Waals surface area contributed by atoms with Crippen LogP contribution in [-0.2, 0) is 10.9 Å². The maximum atomic E-state index is 13.3. The number of hydrogen-bond donors (Lipinski definition) is 0.